The van der Waals surface area contributed by atoms with E-state index in [4.69, 9.17) is 0 Å². The normalized spacial score (nSPS) is 30.6. The molecule has 1 aliphatic rings. The molecule has 90 valence electrons. The van der Waals surface area contributed by atoms with Gasteiger partial charge in [0, 0.05) is 18.3 Å². The zero-order valence-corrected chi connectivity index (χ0v) is 11.7. The van der Waals surface area contributed by atoms with E-state index in [2.05, 4.69) is 32.9 Å². The summed E-state index contributed by atoms with van der Waals surface area (Å²) < 4.78 is 1.90. The number of hydrogen-bond acceptors (Lipinski definition) is 2. The summed E-state index contributed by atoms with van der Waals surface area (Å²) in [5.41, 5.74) is 0. The SMILES string of the molecule is CCC1CCC(Br)C(Cc2ncnn2C)C1. The van der Waals surface area contributed by atoms with Crippen molar-refractivity contribution in [3.8, 4) is 0 Å². The molecular weight excluding hydrogens is 266 g/mol. The van der Waals surface area contributed by atoms with Crippen LogP contribution in [-0.2, 0) is 13.5 Å². The van der Waals surface area contributed by atoms with Crippen molar-refractivity contribution >= 4 is 15.9 Å². The summed E-state index contributed by atoms with van der Waals surface area (Å²) in [5, 5.41) is 4.14. The molecule has 0 bridgehead atoms. The monoisotopic (exact) mass is 285 g/mol. The minimum Gasteiger partial charge on any atom is -0.253 e. The van der Waals surface area contributed by atoms with E-state index in [1.807, 2.05) is 11.7 Å². The lowest BCUT2D eigenvalue weighted by Crippen LogP contribution is -2.27. The van der Waals surface area contributed by atoms with Gasteiger partial charge in [0.25, 0.3) is 0 Å². The van der Waals surface area contributed by atoms with Crippen LogP contribution in [0.15, 0.2) is 6.33 Å². The smallest absolute Gasteiger partial charge is 0.138 e. The van der Waals surface area contributed by atoms with Crippen LogP contribution in [0.3, 0.4) is 0 Å². The Balaban J connectivity index is 1.99. The maximum absolute atomic E-state index is 4.33. The molecule has 3 atom stereocenters. The number of aryl methyl sites for hydroxylation is 1. The second-order valence-electron chi connectivity index (χ2n) is 4.87. The Morgan fingerprint density at radius 2 is 2.31 bits per heavy atom. The third-order valence-electron chi connectivity index (χ3n) is 3.83. The molecule has 3 unspecified atom stereocenters. The van der Waals surface area contributed by atoms with E-state index in [0.717, 1.165) is 24.1 Å². The fourth-order valence-corrected chi connectivity index (χ4v) is 3.31. The highest BCUT2D eigenvalue weighted by Gasteiger charge is 2.28. The van der Waals surface area contributed by atoms with Crippen LogP contribution in [0.1, 0.15) is 38.4 Å². The molecule has 16 heavy (non-hydrogen) atoms. The van der Waals surface area contributed by atoms with Crippen molar-refractivity contribution in [3.05, 3.63) is 12.2 Å². The van der Waals surface area contributed by atoms with Gasteiger partial charge in [-0.2, -0.15) is 5.10 Å². The molecule has 2 rings (SSSR count). The first-order chi connectivity index (χ1) is 7.70. The molecule has 1 aromatic rings. The average molecular weight is 286 g/mol. The van der Waals surface area contributed by atoms with Crippen molar-refractivity contribution in [1.29, 1.82) is 0 Å². The predicted molar refractivity (Wildman–Crippen MR) is 68.5 cm³/mol. The predicted octanol–water partition coefficient (Wildman–Crippen LogP) is 2.95. The van der Waals surface area contributed by atoms with E-state index >= 15 is 0 Å². The van der Waals surface area contributed by atoms with E-state index in [9.17, 15) is 0 Å². The second-order valence-corrected chi connectivity index (χ2v) is 6.04. The lowest BCUT2D eigenvalue weighted by molar-refractivity contribution is 0.267. The number of nitrogens with zero attached hydrogens (tertiary/aromatic N) is 3. The zero-order chi connectivity index (χ0) is 11.5. The molecule has 1 heterocycles. The number of alkyl halides is 1. The Morgan fingerprint density at radius 1 is 1.50 bits per heavy atom. The zero-order valence-electron chi connectivity index (χ0n) is 10.1. The summed E-state index contributed by atoms with van der Waals surface area (Å²) in [6.07, 6.45) is 8.04. The van der Waals surface area contributed by atoms with E-state index in [0.29, 0.717) is 4.83 Å². The summed E-state index contributed by atoms with van der Waals surface area (Å²) in [4.78, 5) is 4.99. The summed E-state index contributed by atoms with van der Waals surface area (Å²) in [7, 11) is 1.98. The molecule has 0 saturated heterocycles. The maximum atomic E-state index is 4.33. The van der Waals surface area contributed by atoms with Gasteiger partial charge in [-0.3, -0.25) is 4.68 Å². The minimum atomic E-state index is 0.659. The maximum Gasteiger partial charge on any atom is 0.138 e. The van der Waals surface area contributed by atoms with Crippen molar-refractivity contribution < 1.29 is 0 Å². The largest absolute Gasteiger partial charge is 0.253 e. The van der Waals surface area contributed by atoms with Crippen molar-refractivity contribution in [2.24, 2.45) is 18.9 Å². The number of hydrogen-bond donors (Lipinski definition) is 0. The highest BCUT2D eigenvalue weighted by molar-refractivity contribution is 9.09. The van der Waals surface area contributed by atoms with E-state index < -0.39 is 0 Å². The Labute approximate surface area is 106 Å². The molecule has 0 aromatic carbocycles. The lowest BCUT2D eigenvalue weighted by atomic mass is 9.78. The van der Waals surface area contributed by atoms with Gasteiger partial charge in [-0.25, -0.2) is 4.98 Å². The Kier molecular flexibility index (Phi) is 4.00. The van der Waals surface area contributed by atoms with Gasteiger partial charge >= 0.3 is 0 Å². The number of aromatic nitrogens is 3. The summed E-state index contributed by atoms with van der Waals surface area (Å²) in [6, 6.07) is 0. The molecule has 0 N–H and O–H groups in total. The highest BCUT2D eigenvalue weighted by atomic mass is 79.9. The van der Waals surface area contributed by atoms with Crippen LogP contribution in [0.5, 0.6) is 0 Å². The first kappa shape index (κ1) is 12.1. The third kappa shape index (κ3) is 2.65. The topological polar surface area (TPSA) is 30.7 Å². The van der Waals surface area contributed by atoms with Gasteiger partial charge in [-0.05, 0) is 31.1 Å². The molecule has 0 radical (unpaired) electrons. The molecular formula is C12H20BrN3. The van der Waals surface area contributed by atoms with E-state index in [1.165, 1.54) is 25.7 Å². The van der Waals surface area contributed by atoms with Crippen molar-refractivity contribution in [2.75, 3.05) is 0 Å². The van der Waals surface area contributed by atoms with Crippen LogP contribution in [0, 0.1) is 11.8 Å². The van der Waals surface area contributed by atoms with Gasteiger partial charge in [-0.15, -0.1) is 0 Å². The van der Waals surface area contributed by atoms with Gasteiger partial charge in [0.1, 0.15) is 12.2 Å². The average Bonchev–Trinajstić information content (AvgIpc) is 2.68. The van der Waals surface area contributed by atoms with Crippen LogP contribution in [0.2, 0.25) is 0 Å². The van der Waals surface area contributed by atoms with Gasteiger partial charge < -0.3 is 0 Å². The Bertz CT molecular complexity index is 337. The number of rotatable bonds is 3. The third-order valence-corrected chi connectivity index (χ3v) is 5.03. The quantitative estimate of drug-likeness (QED) is 0.800. The van der Waals surface area contributed by atoms with Crippen LogP contribution in [-0.4, -0.2) is 19.6 Å². The first-order valence-electron chi connectivity index (χ1n) is 6.17. The molecule has 1 saturated carbocycles. The van der Waals surface area contributed by atoms with Crippen LogP contribution >= 0.6 is 15.9 Å². The minimum absolute atomic E-state index is 0.659. The van der Waals surface area contributed by atoms with Gasteiger partial charge in [-0.1, -0.05) is 29.3 Å². The van der Waals surface area contributed by atoms with Crippen molar-refractivity contribution in [2.45, 2.75) is 43.9 Å². The van der Waals surface area contributed by atoms with Gasteiger partial charge in [0.05, 0.1) is 0 Å². The number of halogens is 1. The van der Waals surface area contributed by atoms with Crippen LogP contribution in [0.25, 0.3) is 0 Å². The second kappa shape index (κ2) is 5.30. The summed E-state index contributed by atoms with van der Waals surface area (Å²) in [5.74, 6) is 2.75. The van der Waals surface area contributed by atoms with Crippen molar-refractivity contribution in [3.63, 3.8) is 0 Å². The highest BCUT2D eigenvalue weighted by Crippen LogP contribution is 2.36. The van der Waals surface area contributed by atoms with Crippen LogP contribution in [0.4, 0.5) is 0 Å². The summed E-state index contributed by atoms with van der Waals surface area (Å²) in [6.45, 7) is 2.30. The molecule has 1 aromatic heterocycles. The molecule has 1 aliphatic carbocycles. The van der Waals surface area contributed by atoms with Crippen molar-refractivity contribution in [1.82, 2.24) is 14.8 Å². The molecule has 1 fully saturated rings. The van der Waals surface area contributed by atoms with Gasteiger partial charge in [0.15, 0.2) is 0 Å². The molecule has 4 heteroatoms. The lowest BCUT2D eigenvalue weighted by Gasteiger charge is -2.32. The van der Waals surface area contributed by atoms with Gasteiger partial charge in [0.2, 0.25) is 0 Å². The fourth-order valence-electron chi connectivity index (χ4n) is 2.65. The fraction of sp³-hybridized carbons (Fsp3) is 0.833. The molecule has 0 aliphatic heterocycles. The Hall–Kier alpha value is -0.380. The van der Waals surface area contributed by atoms with E-state index in [-0.39, 0.29) is 0 Å². The first-order valence-corrected chi connectivity index (χ1v) is 7.09. The van der Waals surface area contributed by atoms with E-state index in [1.54, 1.807) is 6.33 Å². The van der Waals surface area contributed by atoms with Crippen LogP contribution < -0.4 is 0 Å². The molecule has 0 amide bonds. The summed E-state index contributed by atoms with van der Waals surface area (Å²) >= 11 is 3.82. The molecule has 3 nitrogen and oxygen atoms in total. The standard InChI is InChI=1S/C12H20BrN3/c1-3-9-4-5-11(13)10(6-9)7-12-14-8-15-16(12)2/h8-11H,3-7H2,1-2H3. The molecule has 0 spiro atoms. The Morgan fingerprint density at radius 3 is 2.94 bits per heavy atom.